The van der Waals surface area contributed by atoms with Crippen molar-refractivity contribution in [3.8, 4) is 0 Å². The topological polar surface area (TPSA) is 80.1 Å². The number of pyridine rings is 1. The number of hydrogen-bond donors (Lipinski definition) is 1. The third-order valence-corrected chi connectivity index (χ3v) is 7.56. The van der Waals surface area contributed by atoms with Gasteiger partial charge in [0.2, 0.25) is 0 Å². The van der Waals surface area contributed by atoms with Crippen molar-refractivity contribution < 1.29 is 8.42 Å². The van der Waals surface area contributed by atoms with Gasteiger partial charge < -0.3 is 9.88 Å². The lowest BCUT2D eigenvalue weighted by Crippen LogP contribution is -2.36. The number of halogens is 2. The van der Waals surface area contributed by atoms with Crippen LogP contribution in [0.1, 0.15) is 17.0 Å². The van der Waals surface area contributed by atoms with E-state index in [1.165, 1.54) is 16.8 Å². The molecular weight excluding hydrogens is 445 g/mol. The number of benzene rings is 1. The van der Waals surface area contributed by atoms with Crippen LogP contribution < -0.4 is 5.32 Å². The van der Waals surface area contributed by atoms with Crippen LogP contribution in [0.15, 0.2) is 60.3 Å². The van der Waals surface area contributed by atoms with E-state index in [1.54, 1.807) is 36.1 Å². The van der Waals surface area contributed by atoms with Crippen molar-refractivity contribution >= 4 is 33.2 Å². The minimum atomic E-state index is -3.69. The van der Waals surface area contributed by atoms with Gasteiger partial charge in [-0.1, -0.05) is 35.3 Å². The van der Waals surface area contributed by atoms with Gasteiger partial charge in [0.25, 0.3) is 10.0 Å². The Morgan fingerprint density at radius 2 is 2.07 bits per heavy atom. The Morgan fingerprint density at radius 3 is 2.73 bits per heavy atom. The van der Waals surface area contributed by atoms with E-state index in [2.05, 4.69) is 15.3 Å². The zero-order chi connectivity index (χ0) is 21.3. The van der Waals surface area contributed by atoms with E-state index in [9.17, 15) is 8.42 Å². The van der Waals surface area contributed by atoms with Crippen molar-refractivity contribution in [2.45, 2.75) is 23.5 Å². The van der Waals surface area contributed by atoms with Gasteiger partial charge in [-0.3, -0.25) is 4.98 Å². The van der Waals surface area contributed by atoms with Crippen LogP contribution in [0.3, 0.4) is 0 Å². The number of aryl methyl sites for hydroxylation is 1. The number of aromatic nitrogens is 3. The Morgan fingerprint density at radius 1 is 1.23 bits per heavy atom. The van der Waals surface area contributed by atoms with Crippen LogP contribution in [0.4, 0.5) is 0 Å². The maximum absolute atomic E-state index is 13.1. The highest BCUT2D eigenvalue weighted by atomic mass is 35.5. The maximum atomic E-state index is 13.1. The van der Waals surface area contributed by atoms with Crippen LogP contribution in [0.5, 0.6) is 0 Å². The molecule has 1 fully saturated rings. The zero-order valence-electron chi connectivity index (χ0n) is 16.2. The molecule has 3 heterocycles. The first kappa shape index (κ1) is 21.3. The summed E-state index contributed by atoms with van der Waals surface area (Å²) in [5, 5.41) is 4.68. The van der Waals surface area contributed by atoms with Crippen LogP contribution in [0.25, 0.3) is 0 Å². The molecule has 3 aromatic rings. The third-order valence-electron chi connectivity index (χ3n) is 5.25. The summed E-state index contributed by atoms with van der Waals surface area (Å²) in [5.74, 6) is -0.0525. The number of nitrogens with zero attached hydrogens (tertiary/aromatic N) is 4. The van der Waals surface area contributed by atoms with Gasteiger partial charge in [0, 0.05) is 67.3 Å². The summed E-state index contributed by atoms with van der Waals surface area (Å²) in [6, 6.07) is 9.07. The molecule has 0 spiro atoms. The van der Waals surface area contributed by atoms with Gasteiger partial charge in [0.1, 0.15) is 0 Å². The van der Waals surface area contributed by atoms with Gasteiger partial charge in [-0.15, -0.1) is 0 Å². The molecular formula is C20H21Cl2N5O2S. The molecule has 1 aromatic carbocycles. The number of rotatable bonds is 6. The van der Waals surface area contributed by atoms with Crippen molar-refractivity contribution in [3.63, 3.8) is 0 Å². The smallest absolute Gasteiger partial charge is 0.262 e. The van der Waals surface area contributed by atoms with Crippen LogP contribution in [-0.2, 0) is 23.6 Å². The average Bonchev–Trinajstić information content (AvgIpc) is 3.35. The summed E-state index contributed by atoms with van der Waals surface area (Å²) in [4.78, 5) is 8.25. The number of nitrogens with one attached hydrogen (secondary N) is 1. The van der Waals surface area contributed by atoms with E-state index in [1.807, 2.05) is 18.2 Å². The molecule has 158 valence electrons. The molecule has 0 bridgehead atoms. The molecule has 10 heteroatoms. The highest BCUT2D eigenvalue weighted by Crippen LogP contribution is 2.31. The first-order chi connectivity index (χ1) is 14.3. The lowest BCUT2D eigenvalue weighted by atomic mass is 9.95. The number of sulfonamides is 1. The minimum Gasteiger partial charge on any atom is -0.339 e. The maximum Gasteiger partial charge on any atom is 0.262 e. The largest absolute Gasteiger partial charge is 0.339 e. The molecule has 0 radical (unpaired) electrons. The van der Waals surface area contributed by atoms with E-state index in [4.69, 9.17) is 23.2 Å². The molecule has 1 aliphatic rings. The predicted octanol–water partition coefficient (Wildman–Crippen LogP) is 3.07. The fraction of sp³-hybridized carbons (Fsp3) is 0.300. The van der Waals surface area contributed by atoms with Gasteiger partial charge in [0.15, 0.2) is 5.03 Å². The quantitative estimate of drug-likeness (QED) is 0.604. The first-order valence-corrected chi connectivity index (χ1v) is 11.6. The van der Waals surface area contributed by atoms with Crippen LogP contribution in [0, 0.1) is 0 Å². The summed E-state index contributed by atoms with van der Waals surface area (Å²) in [6.07, 6.45) is 6.49. The third kappa shape index (κ3) is 4.38. The fourth-order valence-corrected chi connectivity index (χ4v) is 5.60. The summed E-state index contributed by atoms with van der Waals surface area (Å²) < 4.78 is 29.3. The Hall–Kier alpha value is -1.97. The molecule has 2 aromatic heterocycles. The minimum absolute atomic E-state index is 0.0522. The van der Waals surface area contributed by atoms with Crippen molar-refractivity contribution in [1.82, 2.24) is 24.2 Å². The standard InChI is InChI=1S/C20H21Cl2N5O2S/c1-26-12-20(25-13-26)30(28,29)27-10-17(14-3-2-6-23-8-14)19(11-27)24-9-15-4-5-16(21)7-18(15)22/h2-8,12-13,17,19,24H,9-11H2,1H3. The molecule has 2 atom stereocenters. The van der Waals surface area contributed by atoms with E-state index in [0.29, 0.717) is 29.7 Å². The highest BCUT2D eigenvalue weighted by Gasteiger charge is 2.40. The number of imidazole rings is 1. The second kappa shape index (κ2) is 8.64. The van der Waals surface area contributed by atoms with Crippen molar-refractivity contribution in [2.75, 3.05) is 13.1 Å². The zero-order valence-corrected chi connectivity index (χ0v) is 18.6. The van der Waals surface area contributed by atoms with E-state index >= 15 is 0 Å². The van der Waals surface area contributed by atoms with E-state index < -0.39 is 10.0 Å². The monoisotopic (exact) mass is 465 g/mol. The second-order valence-corrected chi connectivity index (χ2v) is 10.0. The van der Waals surface area contributed by atoms with Gasteiger partial charge in [-0.05, 0) is 29.3 Å². The average molecular weight is 466 g/mol. The summed E-state index contributed by atoms with van der Waals surface area (Å²) in [6.45, 7) is 1.16. The van der Waals surface area contributed by atoms with Gasteiger partial charge in [-0.2, -0.15) is 4.31 Å². The molecule has 1 N–H and O–H groups in total. The molecule has 2 unspecified atom stereocenters. The summed E-state index contributed by atoms with van der Waals surface area (Å²) >= 11 is 12.3. The van der Waals surface area contributed by atoms with Crippen LogP contribution >= 0.6 is 23.2 Å². The second-order valence-electron chi connectivity index (χ2n) is 7.32. The van der Waals surface area contributed by atoms with Gasteiger partial charge >= 0.3 is 0 Å². The first-order valence-electron chi connectivity index (χ1n) is 9.40. The molecule has 4 rings (SSSR count). The normalized spacial score (nSPS) is 20.0. The van der Waals surface area contributed by atoms with E-state index in [0.717, 1.165) is 11.1 Å². The van der Waals surface area contributed by atoms with Gasteiger partial charge in [-0.25, -0.2) is 13.4 Å². The number of hydrogen-bond acceptors (Lipinski definition) is 5. The van der Waals surface area contributed by atoms with E-state index in [-0.39, 0.29) is 17.0 Å². The fourth-order valence-electron chi connectivity index (χ4n) is 3.66. The Bertz CT molecular complexity index is 1140. The SMILES string of the molecule is Cn1cnc(S(=O)(=O)N2CC(NCc3ccc(Cl)cc3Cl)C(c3cccnc3)C2)c1. The van der Waals surface area contributed by atoms with Crippen LogP contribution in [-0.4, -0.2) is 46.4 Å². The molecule has 1 aliphatic heterocycles. The van der Waals surface area contributed by atoms with Crippen molar-refractivity contribution in [1.29, 1.82) is 0 Å². The Kier molecular flexibility index (Phi) is 6.13. The lowest BCUT2D eigenvalue weighted by molar-refractivity contribution is 0.454. The van der Waals surface area contributed by atoms with Crippen molar-refractivity contribution in [2.24, 2.45) is 7.05 Å². The molecule has 30 heavy (non-hydrogen) atoms. The Balaban J connectivity index is 1.58. The predicted molar refractivity (Wildman–Crippen MR) is 116 cm³/mol. The summed E-state index contributed by atoms with van der Waals surface area (Å²) in [7, 11) is -1.95. The molecule has 0 aliphatic carbocycles. The molecule has 7 nitrogen and oxygen atoms in total. The van der Waals surface area contributed by atoms with Gasteiger partial charge in [0.05, 0.1) is 6.33 Å². The van der Waals surface area contributed by atoms with Crippen molar-refractivity contribution in [3.05, 3.63) is 76.4 Å². The highest BCUT2D eigenvalue weighted by molar-refractivity contribution is 7.89. The lowest BCUT2D eigenvalue weighted by Gasteiger charge is -2.20. The molecule has 0 saturated carbocycles. The summed E-state index contributed by atoms with van der Waals surface area (Å²) in [5.41, 5.74) is 1.88. The molecule has 0 amide bonds. The Labute approximate surface area is 185 Å². The molecule has 1 saturated heterocycles. The van der Waals surface area contributed by atoms with Crippen LogP contribution in [0.2, 0.25) is 10.0 Å².